The van der Waals surface area contributed by atoms with Gasteiger partial charge in [0.05, 0.1) is 6.61 Å². The third kappa shape index (κ3) is 4.10. The minimum Gasteiger partial charge on any atom is -0.383 e. The van der Waals surface area contributed by atoms with Gasteiger partial charge in [0.1, 0.15) is 0 Å². The molecule has 15 heavy (non-hydrogen) atoms. The SMILES string of the molecule is COCCNCc1ccc(C(N)=O)cc1. The van der Waals surface area contributed by atoms with Crippen LogP contribution in [0.3, 0.4) is 0 Å². The number of benzene rings is 1. The van der Waals surface area contributed by atoms with Crippen molar-refractivity contribution in [2.45, 2.75) is 6.54 Å². The fraction of sp³-hybridized carbons (Fsp3) is 0.364. The lowest BCUT2D eigenvalue weighted by Crippen LogP contribution is -2.18. The number of nitrogens with one attached hydrogen (secondary N) is 1. The van der Waals surface area contributed by atoms with Crippen molar-refractivity contribution in [2.75, 3.05) is 20.3 Å². The monoisotopic (exact) mass is 208 g/mol. The molecular formula is C11H16N2O2. The summed E-state index contributed by atoms with van der Waals surface area (Å²) in [6.07, 6.45) is 0. The number of primary amides is 1. The first-order valence-corrected chi connectivity index (χ1v) is 4.82. The second-order valence-electron chi connectivity index (χ2n) is 3.23. The molecule has 0 saturated heterocycles. The van der Waals surface area contributed by atoms with Gasteiger partial charge in [-0.1, -0.05) is 12.1 Å². The van der Waals surface area contributed by atoms with Gasteiger partial charge in [-0.3, -0.25) is 4.79 Å². The highest BCUT2D eigenvalue weighted by molar-refractivity contribution is 5.92. The molecule has 0 atom stereocenters. The van der Waals surface area contributed by atoms with Crippen molar-refractivity contribution in [1.82, 2.24) is 5.32 Å². The number of carbonyl (C=O) groups excluding carboxylic acids is 1. The summed E-state index contributed by atoms with van der Waals surface area (Å²) in [5.41, 5.74) is 6.79. The lowest BCUT2D eigenvalue weighted by Gasteiger charge is -2.04. The standard InChI is InChI=1S/C11H16N2O2/c1-15-7-6-13-8-9-2-4-10(5-3-9)11(12)14/h2-5,13H,6-8H2,1H3,(H2,12,14). The van der Waals surface area contributed by atoms with E-state index in [9.17, 15) is 4.79 Å². The summed E-state index contributed by atoms with van der Waals surface area (Å²) in [6, 6.07) is 7.24. The molecule has 82 valence electrons. The van der Waals surface area contributed by atoms with Crippen molar-refractivity contribution in [3.63, 3.8) is 0 Å². The molecule has 0 fully saturated rings. The molecule has 3 N–H and O–H groups in total. The molecule has 0 aromatic heterocycles. The molecule has 1 amide bonds. The zero-order valence-electron chi connectivity index (χ0n) is 8.82. The van der Waals surface area contributed by atoms with Gasteiger partial charge in [-0.25, -0.2) is 0 Å². The maximum absolute atomic E-state index is 10.8. The van der Waals surface area contributed by atoms with E-state index in [2.05, 4.69) is 5.32 Å². The quantitative estimate of drug-likeness (QED) is 0.670. The van der Waals surface area contributed by atoms with Crippen LogP contribution in [0.4, 0.5) is 0 Å². The highest BCUT2D eigenvalue weighted by atomic mass is 16.5. The van der Waals surface area contributed by atoms with E-state index in [1.807, 2.05) is 12.1 Å². The van der Waals surface area contributed by atoms with Crippen molar-refractivity contribution < 1.29 is 9.53 Å². The van der Waals surface area contributed by atoms with E-state index >= 15 is 0 Å². The Bertz CT molecular complexity index is 309. The Balaban J connectivity index is 2.39. The normalized spacial score (nSPS) is 10.2. The molecule has 1 aromatic carbocycles. The number of nitrogens with two attached hydrogens (primary N) is 1. The maximum atomic E-state index is 10.8. The van der Waals surface area contributed by atoms with Crippen LogP contribution in [-0.4, -0.2) is 26.2 Å². The Hall–Kier alpha value is -1.39. The molecule has 0 spiro atoms. The number of rotatable bonds is 6. The molecule has 0 bridgehead atoms. The second-order valence-corrected chi connectivity index (χ2v) is 3.23. The minimum atomic E-state index is -0.395. The molecule has 0 aliphatic carbocycles. The van der Waals surface area contributed by atoms with Crippen LogP contribution in [0.5, 0.6) is 0 Å². The Labute approximate surface area is 89.4 Å². The third-order valence-corrected chi connectivity index (χ3v) is 2.05. The molecular weight excluding hydrogens is 192 g/mol. The van der Waals surface area contributed by atoms with Crippen LogP contribution in [0.15, 0.2) is 24.3 Å². The molecule has 0 radical (unpaired) electrons. The topological polar surface area (TPSA) is 64.3 Å². The number of methoxy groups -OCH3 is 1. The van der Waals surface area contributed by atoms with Crippen LogP contribution in [0.2, 0.25) is 0 Å². The van der Waals surface area contributed by atoms with Crippen LogP contribution in [0.1, 0.15) is 15.9 Å². The lowest BCUT2D eigenvalue weighted by molar-refractivity contribution is 0.100. The summed E-state index contributed by atoms with van der Waals surface area (Å²) < 4.78 is 4.91. The minimum absolute atomic E-state index is 0.395. The van der Waals surface area contributed by atoms with E-state index < -0.39 is 5.91 Å². The number of hydrogen-bond acceptors (Lipinski definition) is 3. The lowest BCUT2D eigenvalue weighted by atomic mass is 10.1. The van der Waals surface area contributed by atoms with Crippen LogP contribution < -0.4 is 11.1 Å². The Morgan fingerprint density at radius 2 is 2.07 bits per heavy atom. The van der Waals surface area contributed by atoms with Crippen LogP contribution in [0, 0.1) is 0 Å². The number of hydrogen-bond donors (Lipinski definition) is 2. The third-order valence-electron chi connectivity index (χ3n) is 2.05. The molecule has 0 saturated carbocycles. The number of carbonyl (C=O) groups is 1. The predicted molar refractivity (Wildman–Crippen MR) is 58.5 cm³/mol. The molecule has 1 aromatic rings. The van der Waals surface area contributed by atoms with E-state index in [1.165, 1.54) is 0 Å². The van der Waals surface area contributed by atoms with Crippen molar-refractivity contribution >= 4 is 5.91 Å². The summed E-state index contributed by atoms with van der Waals surface area (Å²) >= 11 is 0. The first-order valence-electron chi connectivity index (χ1n) is 4.82. The maximum Gasteiger partial charge on any atom is 0.248 e. The van der Waals surface area contributed by atoms with Crippen molar-refractivity contribution in [2.24, 2.45) is 5.73 Å². The number of ether oxygens (including phenoxy) is 1. The Kier molecular flexibility index (Phi) is 4.80. The smallest absolute Gasteiger partial charge is 0.248 e. The van der Waals surface area contributed by atoms with Gasteiger partial charge in [-0.15, -0.1) is 0 Å². The zero-order chi connectivity index (χ0) is 11.1. The fourth-order valence-electron chi connectivity index (χ4n) is 1.19. The molecule has 0 unspecified atom stereocenters. The van der Waals surface area contributed by atoms with E-state index in [0.29, 0.717) is 12.2 Å². The molecule has 0 aliphatic rings. The van der Waals surface area contributed by atoms with E-state index in [-0.39, 0.29) is 0 Å². The van der Waals surface area contributed by atoms with Gasteiger partial charge in [0.25, 0.3) is 0 Å². The first kappa shape index (κ1) is 11.7. The van der Waals surface area contributed by atoms with Gasteiger partial charge in [-0.2, -0.15) is 0 Å². The van der Waals surface area contributed by atoms with Gasteiger partial charge in [0.2, 0.25) is 5.91 Å². The average molecular weight is 208 g/mol. The van der Waals surface area contributed by atoms with Crippen molar-refractivity contribution in [3.8, 4) is 0 Å². The molecule has 0 heterocycles. The summed E-state index contributed by atoms with van der Waals surface area (Å²) in [6.45, 7) is 2.27. The van der Waals surface area contributed by atoms with E-state index in [0.717, 1.165) is 18.7 Å². The van der Waals surface area contributed by atoms with Gasteiger partial charge in [0.15, 0.2) is 0 Å². The Morgan fingerprint density at radius 3 is 2.60 bits per heavy atom. The number of amides is 1. The van der Waals surface area contributed by atoms with Crippen LogP contribution in [0.25, 0.3) is 0 Å². The highest BCUT2D eigenvalue weighted by Gasteiger charge is 1.98. The van der Waals surface area contributed by atoms with Gasteiger partial charge < -0.3 is 15.8 Å². The summed E-state index contributed by atoms with van der Waals surface area (Å²) in [4.78, 5) is 10.8. The predicted octanol–water partition coefficient (Wildman–Crippen LogP) is 0.521. The molecule has 4 nitrogen and oxygen atoms in total. The van der Waals surface area contributed by atoms with E-state index in [4.69, 9.17) is 10.5 Å². The van der Waals surface area contributed by atoms with Gasteiger partial charge in [-0.05, 0) is 17.7 Å². The van der Waals surface area contributed by atoms with Gasteiger partial charge >= 0.3 is 0 Å². The molecule has 4 heteroatoms. The second kappa shape index (κ2) is 6.16. The zero-order valence-corrected chi connectivity index (χ0v) is 8.82. The highest BCUT2D eigenvalue weighted by Crippen LogP contribution is 2.03. The largest absolute Gasteiger partial charge is 0.383 e. The summed E-state index contributed by atoms with van der Waals surface area (Å²) in [5.74, 6) is -0.395. The first-order chi connectivity index (χ1) is 7.24. The Morgan fingerprint density at radius 1 is 1.40 bits per heavy atom. The van der Waals surface area contributed by atoms with Gasteiger partial charge in [0, 0.05) is 25.8 Å². The van der Waals surface area contributed by atoms with Crippen LogP contribution in [-0.2, 0) is 11.3 Å². The average Bonchev–Trinajstić information content (AvgIpc) is 2.25. The summed E-state index contributed by atoms with van der Waals surface area (Å²) in [5, 5.41) is 3.21. The van der Waals surface area contributed by atoms with Crippen molar-refractivity contribution in [1.29, 1.82) is 0 Å². The van der Waals surface area contributed by atoms with Crippen LogP contribution >= 0.6 is 0 Å². The fourth-order valence-corrected chi connectivity index (χ4v) is 1.19. The summed E-state index contributed by atoms with van der Waals surface area (Å²) in [7, 11) is 1.67. The van der Waals surface area contributed by atoms with E-state index in [1.54, 1.807) is 19.2 Å². The van der Waals surface area contributed by atoms with Crippen molar-refractivity contribution in [3.05, 3.63) is 35.4 Å². The molecule has 1 rings (SSSR count). The molecule has 0 aliphatic heterocycles.